The largest absolute Gasteiger partial charge is 0.497 e. The van der Waals surface area contributed by atoms with Crippen LogP contribution in [0.3, 0.4) is 0 Å². The van der Waals surface area contributed by atoms with Crippen LogP contribution in [0, 0.1) is 17.2 Å². The Hall–Kier alpha value is -1.95. The molecule has 0 saturated carbocycles. The molecule has 0 amide bonds. The minimum absolute atomic E-state index is 0.122. The summed E-state index contributed by atoms with van der Waals surface area (Å²) in [4.78, 5) is 0. The first kappa shape index (κ1) is 12.5. The number of nitriles is 1. The van der Waals surface area contributed by atoms with Crippen molar-refractivity contribution in [3.63, 3.8) is 0 Å². The fraction of sp³-hybridized carbons (Fsp3) is 0.400. The van der Waals surface area contributed by atoms with Gasteiger partial charge >= 0.3 is 0 Å². The molecule has 0 heterocycles. The lowest BCUT2D eigenvalue weighted by Crippen LogP contribution is -2.28. The van der Waals surface area contributed by atoms with Gasteiger partial charge in [0, 0.05) is 5.69 Å². The first-order chi connectivity index (χ1) is 8.83. The first-order valence-electron chi connectivity index (χ1n) is 6.28. The number of hydrogen-bond acceptors (Lipinski definition) is 3. The molecule has 3 heteroatoms. The van der Waals surface area contributed by atoms with E-state index in [1.165, 1.54) is 0 Å². The zero-order valence-electron chi connectivity index (χ0n) is 10.6. The van der Waals surface area contributed by atoms with Crippen molar-refractivity contribution in [1.82, 2.24) is 0 Å². The molecule has 1 aromatic rings. The van der Waals surface area contributed by atoms with Gasteiger partial charge in [-0.3, -0.25) is 0 Å². The zero-order valence-corrected chi connectivity index (χ0v) is 10.6. The van der Waals surface area contributed by atoms with Crippen LogP contribution in [0.25, 0.3) is 0 Å². The average molecular weight is 242 g/mol. The fourth-order valence-corrected chi connectivity index (χ4v) is 2.24. The number of benzene rings is 1. The van der Waals surface area contributed by atoms with E-state index < -0.39 is 0 Å². The monoisotopic (exact) mass is 242 g/mol. The van der Waals surface area contributed by atoms with Gasteiger partial charge in [-0.25, -0.2) is 0 Å². The van der Waals surface area contributed by atoms with Crippen LogP contribution in [-0.2, 0) is 0 Å². The quantitative estimate of drug-likeness (QED) is 0.823. The van der Waals surface area contributed by atoms with Crippen LogP contribution in [0.5, 0.6) is 5.75 Å². The highest BCUT2D eigenvalue weighted by atomic mass is 16.5. The summed E-state index contributed by atoms with van der Waals surface area (Å²) in [5.41, 5.74) is 0.969. The van der Waals surface area contributed by atoms with Crippen molar-refractivity contribution in [2.24, 2.45) is 5.92 Å². The van der Waals surface area contributed by atoms with Crippen LogP contribution >= 0.6 is 0 Å². The third kappa shape index (κ3) is 3.04. The Kier molecular flexibility index (Phi) is 4.25. The highest BCUT2D eigenvalue weighted by molar-refractivity contribution is 5.48. The summed E-state index contributed by atoms with van der Waals surface area (Å²) in [5, 5.41) is 12.6. The SMILES string of the molecule is COc1ccc(NC(C#N)C2CC=CCC2)cc1. The van der Waals surface area contributed by atoms with Crippen molar-refractivity contribution in [3.05, 3.63) is 36.4 Å². The van der Waals surface area contributed by atoms with E-state index in [4.69, 9.17) is 4.74 Å². The minimum atomic E-state index is -0.122. The maximum absolute atomic E-state index is 9.28. The van der Waals surface area contributed by atoms with Gasteiger partial charge in [0.25, 0.3) is 0 Å². The van der Waals surface area contributed by atoms with E-state index in [1.807, 2.05) is 24.3 Å². The molecule has 3 nitrogen and oxygen atoms in total. The molecule has 1 aliphatic carbocycles. The van der Waals surface area contributed by atoms with Crippen molar-refractivity contribution in [2.45, 2.75) is 25.3 Å². The number of hydrogen-bond donors (Lipinski definition) is 1. The molecule has 1 aromatic carbocycles. The van der Waals surface area contributed by atoms with Crippen molar-refractivity contribution in [3.8, 4) is 11.8 Å². The Bertz CT molecular complexity index is 445. The van der Waals surface area contributed by atoms with Gasteiger partial charge < -0.3 is 10.1 Å². The highest BCUT2D eigenvalue weighted by Crippen LogP contribution is 2.24. The number of anilines is 1. The summed E-state index contributed by atoms with van der Waals surface area (Å²) in [5.74, 6) is 1.23. The average Bonchev–Trinajstić information content (AvgIpc) is 2.46. The second-order valence-corrected chi connectivity index (χ2v) is 4.52. The molecule has 0 bridgehead atoms. The van der Waals surface area contributed by atoms with Crippen molar-refractivity contribution >= 4 is 5.69 Å². The van der Waals surface area contributed by atoms with Crippen molar-refractivity contribution < 1.29 is 4.74 Å². The van der Waals surface area contributed by atoms with Crippen LogP contribution in [0.1, 0.15) is 19.3 Å². The molecular formula is C15H18N2O. The topological polar surface area (TPSA) is 45.0 Å². The summed E-state index contributed by atoms with van der Waals surface area (Å²) >= 11 is 0. The van der Waals surface area contributed by atoms with Crippen LogP contribution < -0.4 is 10.1 Å². The van der Waals surface area contributed by atoms with Crippen LogP contribution in [0.4, 0.5) is 5.69 Å². The summed E-state index contributed by atoms with van der Waals surface area (Å²) in [6.07, 6.45) is 7.51. The van der Waals surface area contributed by atoms with E-state index in [1.54, 1.807) is 7.11 Å². The van der Waals surface area contributed by atoms with E-state index >= 15 is 0 Å². The van der Waals surface area contributed by atoms with Crippen molar-refractivity contribution in [1.29, 1.82) is 5.26 Å². The number of nitrogens with zero attached hydrogens (tertiary/aromatic N) is 1. The second-order valence-electron chi connectivity index (χ2n) is 4.52. The van der Waals surface area contributed by atoms with Gasteiger partial charge in [-0.2, -0.15) is 5.26 Å². The summed E-state index contributed by atoms with van der Waals surface area (Å²) in [6.45, 7) is 0. The molecular weight excluding hydrogens is 224 g/mol. The molecule has 94 valence electrons. The number of ether oxygens (including phenoxy) is 1. The van der Waals surface area contributed by atoms with E-state index in [0.717, 1.165) is 30.7 Å². The van der Waals surface area contributed by atoms with Gasteiger partial charge in [-0.15, -0.1) is 0 Å². The highest BCUT2D eigenvalue weighted by Gasteiger charge is 2.21. The van der Waals surface area contributed by atoms with E-state index in [9.17, 15) is 5.26 Å². The Morgan fingerprint density at radius 3 is 2.67 bits per heavy atom. The molecule has 2 rings (SSSR count). The Labute approximate surface area is 108 Å². The van der Waals surface area contributed by atoms with E-state index in [2.05, 4.69) is 23.5 Å². The van der Waals surface area contributed by atoms with Gasteiger partial charge in [-0.1, -0.05) is 12.2 Å². The van der Waals surface area contributed by atoms with Crippen LogP contribution in [0.2, 0.25) is 0 Å². The fourth-order valence-electron chi connectivity index (χ4n) is 2.24. The number of rotatable bonds is 4. The molecule has 0 aliphatic heterocycles. The molecule has 2 unspecified atom stereocenters. The van der Waals surface area contributed by atoms with Crippen LogP contribution in [0.15, 0.2) is 36.4 Å². The summed E-state index contributed by atoms with van der Waals surface area (Å²) in [6, 6.07) is 9.94. The van der Waals surface area contributed by atoms with Crippen LogP contribution in [-0.4, -0.2) is 13.2 Å². The maximum Gasteiger partial charge on any atom is 0.119 e. The van der Waals surface area contributed by atoms with E-state index in [0.29, 0.717) is 5.92 Å². The molecule has 1 aliphatic rings. The molecule has 0 radical (unpaired) electrons. The number of nitrogens with one attached hydrogen (secondary N) is 1. The number of methoxy groups -OCH3 is 1. The third-order valence-electron chi connectivity index (χ3n) is 3.33. The normalized spacial score (nSPS) is 19.9. The van der Waals surface area contributed by atoms with Crippen molar-refractivity contribution in [2.75, 3.05) is 12.4 Å². The molecule has 0 aromatic heterocycles. The predicted octanol–water partition coefficient (Wildman–Crippen LogP) is 3.36. The molecule has 1 N–H and O–H groups in total. The lowest BCUT2D eigenvalue weighted by Gasteiger charge is -2.24. The molecule has 18 heavy (non-hydrogen) atoms. The van der Waals surface area contributed by atoms with Gasteiger partial charge in [0.2, 0.25) is 0 Å². The zero-order chi connectivity index (χ0) is 12.8. The van der Waals surface area contributed by atoms with Gasteiger partial charge in [-0.05, 0) is 49.4 Å². The molecule has 2 atom stereocenters. The molecule has 0 saturated heterocycles. The summed E-state index contributed by atoms with van der Waals surface area (Å²) in [7, 11) is 1.65. The minimum Gasteiger partial charge on any atom is -0.497 e. The predicted molar refractivity (Wildman–Crippen MR) is 72.5 cm³/mol. The smallest absolute Gasteiger partial charge is 0.119 e. The first-order valence-corrected chi connectivity index (χ1v) is 6.28. The lowest BCUT2D eigenvalue weighted by atomic mass is 9.88. The second kappa shape index (κ2) is 6.11. The van der Waals surface area contributed by atoms with Gasteiger partial charge in [0.05, 0.1) is 13.2 Å². The maximum atomic E-state index is 9.28. The van der Waals surface area contributed by atoms with E-state index in [-0.39, 0.29) is 6.04 Å². The van der Waals surface area contributed by atoms with Gasteiger partial charge in [0.15, 0.2) is 0 Å². The Balaban J connectivity index is 2.01. The molecule has 0 spiro atoms. The number of allylic oxidation sites excluding steroid dienone is 2. The standard InChI is InChI=1S/C15H18N2O/c1-18-14-9-7-13(8-10-14)17-15(11-16)12-5-3-2-4-6-12/h2-3,7-10,12,15,17H,4-6H2,1H3. The summed E-state index contributed by atoms with van der Waals surface area (Å²) < 4.78 is 5.11. The Morgan fingerprint density at radius 1 is 1.33 bits per heavy atom. The Morgan fingerprint density at radius 2 is 2.11 bits per heavy atom. The molecule has 0 fully saturated rings. The lowest BCUT2D eigenvalue weighted by molar-refractivity contribution is 0.415. The third-order valence-corrected chi connectivity index (χ3v) is 3.33. The van der Waals surface area contributed by atoms with Gasteiger partial charge in [0.1, 0.15) is 11.8 Å².